The van der Waals surface area contributed by atoms with Crippen molar-refractivity contribution in [3.05, 3.63) is 42.1 Å². The highest BCUT2D eigenvalue weighted by Crippen LogP contribution is 2.22. The topological polar surface area (TPSA) is 79.3 Å². The molecule has 25 heavy (non-hydrogen) atoms. The molecule has 0 N–H and O–H groups in total. The van der Waals surface area contributed by atoms with Crippen LogP contribution in [0.1, 0.15) is 18.9 Å². The molecule has 1 aliphatic heterocycles. The fraction of sp³-hybridized carbons (Fsp3) is 0.471. The fourth-order valence-corrected chi connectivity index (χ4v) is 4.76. The third-order valence-electron chi connectivity index (χ3n) is 4.53. The Bertz CT molecular complexity index is 813. The van der Waals surface area contributed by atoms with E-state index in [1.165, 1.54) is 5.56 Å². The predicted molar refractivity (Wildman–Crippen MR) is 98.5 cm³/mol. The highest BCUT2D eigenvalue weighted by molar-refractivity contribution is 7.91. The minimum absolute atomic E-state index is 0.0914. The van der Waals surface area contributed by atoms with E-state index >= 15 is 0 Å². The molecule has 0 bridgehead atoms. The van der Waals surface area contributed by atoms with E-state index < -0.39 is 9.84 Å². The predicted octanol–water partition coefficient (Wildman–Crippen LogP) is 1.52. The van der Waals surface area contributed by atoms with Crippen molar-refractivity contribution in [1.82, 2.24) is 15.2 Å². The van der Waals surface area contributed by atoms with Crippen LogP contribution < -0.4 is 9.80 Å². The molecule has 1 aromatic carbocycles. The Kier molecular flexibility index (Phi) is 5.17. The Morgan fingerprint density at radius 1 is 1.24 bits per heavy atom. The molecule has 0 saturated carbocycles. The normalized spacial score (nSPS) is 18.9. The van der Waals surface area contributed by atoms with Crippen LogP contribution in [0.5, 0.6) is 0 Å². The van der Waals surface area contributed by atoms with E-state index in [1.54, 1.807) is 6.20 Å². The molecule has 1 aromatic heterocycles. The van der Waals surface area contributed by atoms with Crippen LogP contribution >= 0.6 is 0 Å². The summed E-state index contributed by atoms with van der Waals surface area (Å²) in [5.41, 5.74) is 1.19. The van der Waals surface area contributed by atoms with Gasteiger partial charge in [-0.15, -0.1) is 5.10 Å². The second kappa shape index (κ2) is 7.35. The standard InChI is InChI=1S/C17H23N5O2S/c1-3-22(12-14-7-5-4-6-8-14)16-11-18-20-17(19-16)21(2)15-9-10-25(23,24)13-15/h4-8,11,15H,3,9-10,12-13H2,1-2H3. The number of hydrogen-bond acceptors (Lipinski definition) is 7. The van der Waals surface area contributed by atoms with E-state index in [-0.39, 0.29) is 17.5 Å². The second-order valence-electron chi connectivity index (χ2n) is 6.28. The molecule has 0 aliphatic carbocycles. The maximum Gasteiger partial charge on any atom is 0.247 e. The lowest BCUT2D eigenvalue weighted by atomic mass is 10.2. The summed E-state index contributed by atoms with van der Waals surface area (Å²) >= 11 is 0. The number of hydrogen-bond donors (Lipinski definition) is 0. The van der Waals surface area contributed by atoms with Crippen molar-refractivity contribution in [2.24, 2.45) is 0 Å². The van der Waals surface area contributed by atoms with E-state index in [2.05, 4.69) is 39.1 Å². The van der Waals surface area contributed by atoms with Crippen molar-refractivity contribution in [3.8, 4) is 0 Å². The minimum Gasteiger partial charge on any atom is -0.351 e. The average Bonchev–Trinajstić information content (AvgIpc) is 3.00. The highest BCUT2D eigenvalue weighted by Gasteiger charge is 2.32. The molecule has 0 amide bonds. The van der Waals surface area contributed by atoms with Crippen molar-refractivity contribution in [1.29, 1.82) is 0 Å². The third kappa shape index (κ3) is 4.25. The zero-order chi connectivity index (χ0) is 17.9. The van der Waals surface area contributed by atoms with Gasteiger partial charge in [0.1, 0.15) is 0 Å². The summed E-state index contributed by atoms with van der Waals surface area (Å²) in [5, 5.41) is 8.18. The molecular formula is C17H23N5O2S. The Morgan fingerprint density at radius 2 is 2.00 bits per heavy atom. The average molecular weight is 361 g/mol. The second-order valence-corrected chi connectivity index (χ2v) is 8.51. The fourth-order valence-electron chi connectivity index (χ4n) is 2.99. The van der Waals surface area contributed by atoms with Crippen LogP contribution in [0.15, 0.2) is 36.5 Å². The monoisotopic (exact) mass is 361 g/mol. The molecule has 1 saturated heterocycles. The molecule has 1 unspecified atom stereocenters. The summed E-state index contributed by atoms with van der Waals surface area (Å²) < 4.78 is 23.4. The smallest absolute Gasteiger partial charge is 0.247 e. The molecule has 2 aromatic rings. The van der Waals surface area contributed by atoms with Gasteiger partial charge in [0.2, 0.25) is 5.95 Å². The first-order valence-corrected chi connectivity index (χ1v) is 10.2. The minimum atomic E-state index is -2.95. The lowest BCUT2D eigenvalue weighted by Gasteiger charge is -2.25. The summed E-state index contributed by atoms with van der Waals surface area (Å²) in [4.78, 5) is 8.56. The van der Waals surface area contributed by atoms with Crippen LogP contribution in [0.25, 0.3) is 0 Å². The van der Waals surface area contributed by atoms with Crippen LogP contribution in [0.4, 0.5) is 11.8 Å². The molecule has 2 heterocycles. The quantitative estimate of drug-likeness (QED) is 0.772. The van der Waals surface area contributed by atoms with E-state index in [1.807, 2.05) is 30.1 Å². The molecule has 1 aliphatic rings. The van der Waals surface area contributed by atoms with Gasteiger partial charge in [-0.2, -0.15) is 10.1 Å². The van der Waals surface area contributed by atoms with Crippen LogP contribution in [0.2, 0.25) is 0 Å². The zero-order valence-corrected chi connectivity index (χ0v) is 15.4. The Labute approximate surface area is 148 Å². The molecule has 8 heteroatoms. The molecule has 0 radical (unpaired) electrons. The van der Waals surface area contributed by atoms with E-state index in [4.69, 9.17) is 0 Å². The highest BCUT2D eigenvalue weighted by atomic mass is 32.2. The van der Waals surface area contributed by atoms with Crippen molar-refractivity contribution >= 4 is 21.6 Å². The van der Waals surface area contributed by atoms with Crippen molar-refractivity contribution in [2.75, 3.05) is 34.9 Å². The summed E-state index contributed by atoms with van der Waals surface area (Å²) in [5.74, 6) is 1.58. The Balaban J connectivity index is 1.78. The van der Waals surface area contributed by atoms with Crippen LogP contribution in [-0.4, -0.2) is 54.7 Å². The van der Waals surface area contributed by atoms with Gasteiger partial charge in [0.15, 0.2) is 15.7 Å². The van der Waals surface area contributed by atoms with E-state index in [0.717, 1.165) is 18.9 Å². The summed E-state index contributed by atoms with van der Waals surface area (Å²) in [7, 11) is -1.12. The van der Waals surface area contributed by atoms with Crippen molar-refractivity contribution in [2.45, 2.75) is 25.9 Å². The summed E-state index contributed by atoms with van der Waals surface area (Å²) in [6, 6.07) is 10.1. The molecule has 134 valence electrons. The van der Waals surface area contributed by atoms with Gasteiger partial charge in [-0.3, -0.25) is 0 Å². The third-order valence-corrected chi connectivity index (χ3v) is 6.28. The van der Waals surface area contributed by atoms with Crippen molar-refractivity contribution in [3.63, 3.8) is 0 Å². The SMILES string of the molecule is CCN(Cc1ccccc1)c1cnnc(N(C)C2CCS(=O)(=O)C2)n1. The Hall–Kier alpha value is -2.22. The first kappa shape index (κ1) is 17.6. The molecular weight excluding hydrogens is 338 g/mol. The van der Waals surface area contributed by atoms with Gasteiger partial charge in [0, 0.05) is 26.2 Å². The maximum absolute atomic E-state index is 11.7. The number of benzene rings is 1. The van der Waals surface area contributed by atoms with Gasteiger partial charge in [0.25, 0.3) is 0 Å². The zero-order valence-electron chi connectivity index (χ0n) is 14.5. The van der Waals surface area contributed by atoms with E-state index in [0.29, 0.717) is 12.4 Å². The van der Waals surface area contributed by atoms with Crippen LogP contribution in [0.3, 0.4) is 0 Å². The number of nitrogens with zero attached hydrogens (tertiary/aromatic N) is 5. The van der Waals surface area contributed by atoms with Crippen molar-refractivity contribution < 1.29 is 8.42 Å². The van der Waals surface area contributed by atoms with E-state index in [9.17, 15) is 8.42 Å². The molecule has 7 nitrogen and oxygen atoms in total. The van der Waals surface area contributed by atoms with Gasteiger partial charge in [-0.25, -0.2) is 8.42 Å². The van der Waals surface area contributed by atoms with Gasteiger partial charge in [-0.05, 0) is 18.9 Å². The molecule has 1 atom stereocenters. The first-order chi connectivity index (χ1) is 12.0. The number of rotatable bonds is 6. The Morgan fingerprint density at radius 3 is 2.64 bits per heavy atom. The number of anilines is 2. The number of aromatic nitrogens is 3. The molecule has 0 spiro atoms. The lowest BCUT2D eigenvalue weighted by molar-refractivity contribution is 0.600. The molecule has 1 fully saturated rings. The first-order valence-electron chi connectivity index (χ1n) is 8.40. The summed E-state index contributed by atoms with van der Waals surface area (Å²) in [6.07, 6.45) is 2.25. The van der Waals surface area contributed by atoms with Crippen LogP contribution in [0, 0.1) is 0 Å². The maximum atomic E-state index is 11.7. The number of sulfone groups is 1. The van der Waals surface area contributed by atoms with Gasteiger partial charge in [-0.1, -0.05) is 30.3 Å². The summed E-state index contributed by atoms with van der Waals surface area (Å²) in [6.45, 7) is 3.59. The van der Waals surface area contributed by atoms with Crippen LogP contribution in [-0.2, 0) is 16.4 Å². The largest absolute Gasteiger partial charge is 0.351 e. The van der Waals surface area contributed by atoms with Gasteiger partial charge in [0.05, 0.1) is 17.7 Å². The lowest BCUT2D eigenvalue weighted by Crippen LogP contribution is -2.34. The van der Waals surface area contributed by atoms with Gasteiger partial charge >= 0.3 is 0 Å². The molecule has 3 rings (SSSR count). The van der Waals surface area contributed by atoms with Gasteiger partial charge < -0.3 is 9.80 Å².